The van der Waals surface area contributed by atoms with Crippen LogP contribution >= 0.6 is 11.3 Å². The number of likely N-dealkylation sites (tertiary alicyclic amines) is 1. The van der Waals surface area contributed by atoms with Crippen molar-refractivity contribution in [2.45, 2.75) is 25.5 Å². The number of piperidine rings is 1. The molecule has 0 atom stereocenters. The van der Waals surface area contributed by atoms with Crippen molar-refractivity contribution in [2.75, 3.05) is 18.8 Å². The van der Waals surface area contributed by atoms with Gasteiger partial charge < -0.3 is 10.8 Å². The molecule has 0 bridgehead atoms. The third-order valence-electron chi connectivity index (χ3n) is 3.32. The zero-order valence-corrected chi connectivity index (χ0v) is 10.9. The molecular weight excluding hydrogens is 248 g/mol. The highest BCUT2D eigenvalue weighted by Gasteiger charge is 2.18. The van der Waals surface area contributed by atoms with E-state index < -0.39 is 0 Å². The van der Waals surface area contributed by atoms with Gasteiger partial charge in [0, 0.05) is 13.1 Å². The van der Waals surface area contributed by atoms with Crippen LogP contribution in [0.4, 0.5) is 5.82 Å². The number of rotatable bonds is 2. The molecule has 3 N–H and O–H groups in total. The Morgan fingerprint density at radius 1 is 1.39 bits per heavy atom. The van der Waals surface area contributed by atoms with Gasteiger partial charge in [0.05, 0.1) is 18.0 Å². The first-order chi connectivity index (χ1) is 8.72. The summed E-state index contributed by atoms with van der Waals surface area (Å²) in [6.45, 7) is 2.50. The summed E-state index contributed by atoms with van der Waals surface area (Å²) in [4.78, 5) is 12.1. The first-order valence-electron chi connectivity index (χ1n) is 6.12. The van der Waals surface area contributed by atoms with E-state index in [4.69, 9.17) is 5.73 Å². The van der Waals surface area contributed by atoms with Gasteiger partial charge in [-0.1, -0.05) is 0 Å². The number of aromatic nitrogens is 2. The van der Waals surface area contributed by atoms with Gasteiger partial charge in [0.15, 0.2) is 0 Å². The third kappa shape index (κ3) is 2.31. The lowest BCUT2D eigenvalue weighted by molar-refractivity contribution is 0.0781. The molecule has 3 rings (SSSR count). The molecule has 1 aliphatic heterocycles. The predicted molar refractivity (Wildman–Crippen MR) is 72.3 cm³/mol. The molecule has 96 valence electrons. The maximum Gasteiger partial charge on any atom is 0.146 e. The van der Waals surface area contributed by atoms with Crippen molar-refractivity contribution in [2.24, 2.45) is 0 Å². The van der Waals surface area contributed by atoms with Gasteiger partial charge in [0.25, 0.3) is 0 Å². The molecule has 0 unspecified atom stereocenters. The lowest BCUT2D eigenvalue weighted by Crippen LogP contribution is -2.35. The first kappa shape index (κ1) is 11.8. The van der Waals surface area contributed by atoms with Crippen molar-refractivity contribution < 1.29 is 5.11 Å². The van der Waals surface area contributed by atoms with Crippen LogP contribution in [0.2, 0.25) is 0 Å². The summed E-state index contributed by atoms with van der Waals surface area (Å²) in [5, 5.41) is 12.4. The Hall–Kier alpha value is -1.24. The molecule has 1 fully saturated rings. The van der Waals surface area contributed by atoms with Gasteiger partial charge in [-0.15, -0.1) is 11.3 Å². The number of hydrogen-bond donors (Lipinski definition) is 2. The van der Waals surface area contributed by atoms with Crippen LogP contribution < -0.4 is 5.73 Å². The van der Waals surface area contributed by atoms with Gasteiger partial charge >= 0.3 is 0 Å². The van der Waals surface area contributed by atoms with Gasteiger partial charge in [-0.25, -0.2) is 9.97 Å². The zero-order valence-electron chi connectivity index (χ0n) is 10.0. The number of thiophene rings is 1. The molecule has 0 radical (unpaired) electrons. The van der Waals surface area contributed by atoms with Crippen molar-refractivity contribution in [1.29, 1.82) is 0 Å². The minimum atomic E-state index is -0.146. The van der Waals surface area contributed by atoms with Crippen LogP contribution in [-0.2, 0) is 6.54 Å². The summed E-state index contributed by atoms with van der Waals surface area (Å²) in [5.74, 6) is 1.34. The molecular formula is C12H16N4OS. The van der Waals surface area contributed by atoms with Gasteiger partial charge in [-0.3, -0.25) is 4.90 Å². The molecule has 5 nitrogen and oxygen atoms in total. The van der Waals surface area contributed by atoms with Crippen molar-refractivity contribution in [3.05, 3.63) is 17.3 Å². The summed E-state index contributed by atoms with van der Waals surface area (Å²) < 4.78 is 0. The molecule has 6 heteroatoms. The lowest BCUT2D eigenvalue weighted by atomic mass is 10.1. The summed E-state index contributed by atoms with van der Waals surface area (Å²) in [7, 11) is 0. The topological polar surface area (TPSA) is 75.3 Å². The van der Waals surface area contributed by atoms with Gasteiger partial charge in [0.2, 0.25) is 0 Å². The Morgan fingerprint density at radius 3 is 2.94 bits per heavy atom. The van der Waals surface area contributed by atoms with Gasteiger partial charge in [-0.05, 0) is 24.3 Å². The van der Waals surface area contributed by atoms with Gasteiger partial charge in [-0.2, -0.15) is 0 Å². The maximum atomic E-state index is 9.47. The minimum Gasteiger partial charge on any atom is -0.393 e. The largest absolute Gasteiger partial charge is 0.393 e. The Bertz CT molecular complexity index is 548. The van der Waals surface area contributed by atoms with Crippen molar-refractivity contribution in [1.82, 2.24) is 14.9 Å². The number of nitrogens with zero attached hydrogens (tertiary/aromatic N) is 3. The van der Waals surface area contributed by atoms with Gasteiger partial charge in [0.1, 0.15) is 16.5 Å². The smallest absolute Gasteiger partial charge is 0.146 e. The monoisotopic (exact) mass is 264 g/mol. The van der Waals surface area contributed by atoms with E-state index in [1.807, 2.05) is 11.4 Å². The molecule has 2 aromatic rings. The third-order valence-corrected chi connectivity index (χ3v) is 4.13. The highest BCUT2D eigenvalue weighted by atomic mass is 32.1. The number of hydrogen-bond acceptors (Lipinski definition) is 6. The highest BCUT2D eigenvalue weighted by Crippen LogP contribution is 2.23. The maximum absolute atomic E-state index is 9.47. The van der Waals surface area contributed by atoms with Crippen molar-refractivity contribution in [3.63, 3.8) is 0 Å². The quantitative estimate of drug-likeness (QED) is 0.853. The van der Waals surface area contributed by atoms with Crippen molar-refractivity contribution in [3.8, 4) is 0 Å². The molecule has 2 aromatic heterocycles. The van der Waals surface area contributed by atoms with E-state index in [0.717, 1.165) is 42.0 Å². The van der Waals surface area contributed by atoms with Crippen LogP contribution in [0.25, 0.3) is 10.2 Å². The normalized spacial score (nSPS) is 18.5. The number of anilines is 1. The van der Waals surface area contributed by atoms with Crippen LogP contribution in [-0.4, -0.2) is 39.2 Å². The summed E-state index contributed by atoms with van der Waals surface area (Å²) >= 11 is 1.59. The average molecular weight is 264 g/mol. The fourth-order valence-electron chi connectivity index (χ4n) is 2.27. The molecule has 1 aliphatic rings. The molecule has 0 aliphatic carbocycles. The zero-order chi connectivity index (χ0) is 12.5. The van der Waals surface area contributed by atoms with Crippen LogP contribution in [0.1, 0.15) is 18.7 Å². The average Bonchev–Trinajstić information content (AvgIpc) is 2.81. The fraction of sp³-hybridized carbons (Fsp3) is 0.500. The summed E-state index contributed by atoms with van der Waals surface area (Å²) in [6.07, 6.45) is 1.51. The first-order valence-corrected chi connectivity index (χ1v) is 7.00. The Labute approximate surface area is 109 Å². The molecule has 0 saturated carbocycles. The van der Waals surface area contributed by atoms with E-state index in [-0.39, 0.29) is 6.10 Å². The van der Waals surface area contributed by atoms with E-state index in [9.17, 15) is 5.11 Å². The second kappa shape index (κ2) is 4.79. The van der Waals surface area contributed by atoms with Crippen LogP contribution in [0.15, 0.2) is 11.4 Å². The second-order valence-corrected chi connectivity index (χ2v) is 5.57. The van der Waals surface area contributed by atoms with Crippen LogP contribution in [0, 0.1) is 0 Å². The molecule has 3 heterocycles. The lowest BCUT2D eigenvalue weighted by Gasteiger charge is -2.28. The van der Waals surface area contributed by atoms with Crippen molar-refractivity contribution >= 4 is 27.4 Å². The summed E-state index contributed by atoms with van der Waals surface area (Å²) in [5.41, 5.74) is 5.93. The molecule has 18 heavy (non-hydrogen) atoms. The van der Waals surface area contributed by atoms with E-state index in [0.29, 0.717) is 12.4 Å². The standard InChI is InChI=1S/C12H16N4OS/c13-11-9-3-6-18-12(9)15-10(14-11)7-16-4-1-8(17)2-5-16/h3,6,8,17H,1-2,4-5,7H2,(H2,13,14,15). The minimum absolute atomic E-state index is 0.146. The SMILES string of the molecule is Nc1nc(CN2CCC(O)CC2)nc2sccc12. The second-order valence-electron chi connectivity index (χ2n) is 4.67. The Balaban J connectivity index is 1.78. The fourth-order valence-corrected chi connectivity index (χ4v) is 3.06. The molecule has 0 spiro atoms. The van der Waals surface area contributed by atoms with Crippen LogP contribution in [0.5, 0.6) is 0 Å². The Morgan fingerprint density at radius 2 is 2.17 bits per heavy atom. The predicted octanol–water partition coefficient (Wildman–Crippen LogP) is 1.23. The number of aliphatic hydroxyl groups excluding tert-OH is 1. The number of fused-ring (bicyclic) bond motifs is 1. The highest BCUT2D eigenvalue weighted by molar-refractivity contribution is 7.16. The van der Waals surface area contributed by atoms with E-state index >= 15 is 0 Å². The number of aliphatic hydroxyl groups is 1. The van der Waals surface area contributed by atoms with E-state index in [2.05, 4.69) is 14.9 Å². The van der Waals surface area contributed by atoms with E-state index in [1.54, 1.807) is 11.3 Å². The van der Waals surface area contributed by atoms with Crippen LogP contribution in [0.3, 0.4) is 0 Å². The number of nitrogens with two attached hydrogens (primary N) is 1. The Kier molecular flexibility index (Phi) is 3.15. The molecule has 0 amide bonds. The number of nitrogen functional groups attached to an aromatic ring is 1. The summed E-state index contributed by atoms with van der Waals surface area (Å²) in [6, 6.07) is 1.95. The van der Waals surface area contributed by atoms with E-state index in [1.165, 1.54) is 0 Å². The molecule has 1 saturated heterocycles. The molecule has 0 aromatic carbocycles.